The number of methoxy groups -OCH3 is 1. The lowest BCUT2D eigenvalue weighted by molar-refractivity contribution is 0.0693. The second-order valence-corrected chi connectivity index (χ2v) is 2.81. The van der Waals surface area contributed by atoms with Crippen molar-refractivity contribution in [3.05, 3.63) is 29.3 Å². The smallest absolute Gasteiger partial charge is 0.339 e. The summed E-state index contributed by atoms with van der Waals surface area (Å²) in [5, 5.41) is 17.5. The highest BCUT2D eigenvalue weighted by Gasteiger charge is 2.10. The number of ether oxygens (including phenoxy) is 1. The number of rotatable bonds is 4. The molecule has 14 heavy (non-hydrogen) atoms. The summed E-state index contributed by atoms with van der Waals surface area (Å²) >= 11 is 0. The van der Waals surface area contributed by atoms with Crippen LogP contribution in [0.1, 0.15) is 15.9 Å². The topological polar surface area (TPSA) is 66.8 Å². The first kappa shape index (κ1) is 10.5. The van der Waals surface area contributed by atoms with E-state index < -0.39 is 5.97 Å². The molecule has 0 saturated heterocycles. The van der Waals surface area contributed by atoms with Crippen molar-refractivity contribution in [2.45, 2.75) is 6.42 Å². The molecule has 1 aromatic carbocycles. The van der Waals surface area contributed by atoms with E-state index in [0.717, 1.165) is 5.56 Å². The number of benzene rings is 1. The molecule has 1 rings (SSSR count). The van der Waals surface area contributed by atoms with E-state index in [1.165, 1.54) is 13.2 Å². The minimum Gasteiger partial charge on any atom is -0.496 e. The lowest BCUT2D eigenvalue weighted by Gasteiger charge is -2.06. The molecular formula is C10H12O4. The zero-order chi connectivity index (χ0) is 10.6. The van der Waals surface area contributed by atoms with Gasteiger partial charge in [0.1, 0.15) is 11.3 Å². The predicted octanol–water partition coefficient (Wildman–Crippen LogP) is 0.928. The van der Waals surface area contributed by atoms with Crippen LogP contribution in [0.15, 0.2) is 18.2 Å². The standard InChI is InChI=1S/C10H12O4/c1-14-9-3-2-7(4-5-11)6-8(9)10(12)13/h2-3,6,11H,4-5H2,1H3,(H,12,13). The maximum atomic E-state index is 10.8. The van der Waals surface area contributed by atoms with Crippen LogP contribution in [-0.2, 0) is 6.42 Å². The third-order valence-electron chi connectivity index (χ3n) is 1.89. The van der Waals surface area contributed by atoms with Crippen LogP contribution in [0.2, 0.25) is 0 Å². The number of hydrogen-bond acceptors (Lipinski definition) is 3. The molecule has 0 atom stereocenters. The van der Waals surface area contributed by atoms with Crippen molar-refractivity contribution >= 4 is 5.97 Å². The van der Waals surface area contributed by atoms with Gasteiger partial charge in [0.05, 0.1) is 7.11 Å². The van der Waals surface area contributed by atoms with Gasteiger partial charge in [-0.15, -0.1) is 0 Å². The number of aliphatic hydroxyl groups is 1. The van der Waals surface area contributed by atoms with Gasteiger partial charge in [-0.3, -0.25) is 0 Å². The van der Waals surface area contributed by atoms with Gasteiger partial charge in [-0.05, 0) is 24.1 Å². The molecule has 0 aliphatic carbocycles. The van der Waals surface area contributed by atoms with Crippen LogP contribution in [0, 0.1) is 0 Å². The summed E-state index contributed by atoms with van der Waals surface area (Å²) in [4.78, 5) is 10.8. The molecule has 0 aliphatic rings. The first-order valence-electron chi connectivity index (χ1n) is 4.20. The number of carboxylic acid groups (broad SMARTS) is 1. The molecule has 0 unspecified atom stereocenters. The molecule has 0 fully saturated rings. The SMILES string of the molecule is COc1ccc(CCO)cc1C(=O)O. The molecule has 0 bridgehead atoms. The molecule has 1 aromatic rings. The summed E-state index contributed by atoms with van der Waals surface area (Å²) in [6.07, 6.45) is 0.449. The van der Waals surface area contributed by atoms with Crippen LogP contribution in [0.3, 0.4) is 0 Å². The average molecular weight is 196 g/mol. The Morgan fingerprint density at radius 1 is 1.50 bits per heavy atom. The zero-order valence-electron chi connectivity index (χ0n) is 7.86. The van der Waals surface area contributed by atoms with Gasteiger partial charge in [-0.25, -0.2) is 4.79 Å². The molecule has 0 heterocycles. The Kier molecular flexibility index (Phi) is 3.48. The fourth-order valence-electron chi connectivity index (χ4n) is 1.21. The van der Waals surface area contributed by atoms with Gasteiger partial charge >= 0.3 is 5.97 Å². The van der Waals surface area contributed by atoms with Crippen LogP contribution in [0.25, 0.3) is 0 Å². The van der Waals surface area contributed by atoms with Crippen LogP contribution >= 0.6 is 0 Å². The summed E-state index contributed by atoms with van der Waals surface area (Å²) in [5.74, 6) is -0.694. The molecule has 0 aromatic heterocycles. The van der Waals surface area contributed by atoms with E-state index in [1.54, 1.807) is 12.1 Å². The second-order valence-electron chi connectivity index (χ2n) is 2.81. The Morgan fingerprint density at radius 3 is 2.71 bits per heavy atom. The quantitative estimate of drug-likeness (QED) is 0.751. The Labute approximate surface area is 81.8 Å². The minimum atomic E-state index is -1.03. The van der Waals surface area contributed by atoms with Gasteiger partial charge in [0.25, 0.3) is 0 Å². The van der Waals surface area contributed by atoms with Crippen molar-refractivity contribution in [3.8, 4) is 5.75 Å². The zero-order valence-corrected chi connectivity index (χ0v) is 7.86. The Morgan fingerprint density at radius 2 is 2.21 bits per heavy atom. The molecule has 0 saturated carbocycles. The van der Waals surface area contributed by atoms with Gasteiger partial charge < -0.3 is 14.9 Å². The lowest BCUT2D eigenvalue weighted by Crippen LogP contribution is -2.02. The van der Waals surface area contributed by atoms with E-state index in [1.807, 2.05) is 0 Å². The van der Waals surface area contributed by atoms with E-state index in [4.69, 9.17) is 14.9 Å². The maximum absolute atomic E-state index is 10.8. The van der Waals surface area contributed by atoms with Crippen LogP contribution < -0.4 is 4.74 Å². The first-order valence-corrected chi connectivity index (χ1v) is 4.20. The highest BCUT2D eigenvalue weighted by Crippen LogP contribution is 2.19. The highest BCUT2D eigenvalue weighted by molar-refractivity contribution is 5.91. The van der Waals surface area contributed by atoms with Crippen molar-refractivity contribution < 1.29 is 19.7 Å². The number of aliphatic hydroxyl groups excluding tert-OH is 1. The van der Waals surface area contributed by atoms with E-state index in [-0.39, 0.29) is 12.2 Å². The molecule has 4 nitrogen and oxygen atoms in total. The fourth-order valence-corrected chi connectivity index (χ4v) is 1.21. The number of aromatic carboxylic acids is 1. The van der Waals surface area contributed by atoms with Crippen molar-refractivity contribution in [1.82, 2.24) is 0 Å². The van der Waals surface area contributed by atoms with E-state index in [2.05, 4.69) is 0 Å². The number of hydrogen-bond donors (Lipinski definition) is 2. The molecular weight excluding hydrogens is 184 g/mol. The second kappa shape index (κ2) is 4.62. The summed E-state index contributed by atoms with van der Waals surface area (Å²) in [6, 6.07) is 4.84. The van der Waals surface area contributed by atoms with Crippen molar-refractivity contribution in [3.63, 3.8) is 0 Å². The lowest BCUT2D eigenvalue weighted by atomic mass is 10.1. The van der Waals surface area contributed by atoms with Gasteiger partial charge in [0, 0.05) is 6.61 Å². The third-order valence-corrected chi connectivity index (χ3v) is 1.89. The van der Waals surface area contributed by atoms with E-state index in [0.29, 0.717) is 12.2 Å². The first-order chi connectivity index (χ1) is 6.69. The molecule has 0 radical (unpaired) electrons. The predicted molar refractivity (Wildman–Crippen MR) is 50.7 cm³/mol. The average Bonchev–Trinajstić information content (AvgIpc) is 2.18. The maximum Gasteiger partial charge on any atom is 0.339 e. The van der Waals surface area contributed by atoms with Crippen molar-refractivity contribution in [1.29, 1.82) is 0 Å². The summed E-state index contributed by atoms with van der Waals surface area (Å²) in [6.45, 7) is 0.00535. The summed E-state index contributed by atoms with van der Waals surface area (Å²) in [7, 11) is 1.42. The summed E-state index contributed by atoms with van der Waals surface area (Å²) < 4.78 is 4.90. The van der Waals surface area contributed by atoms with E-state index >= 15 is 0 Å². The van der Waals surface area contributed by atoms with Crippen molar-refractivity contribution in [2.75, 3.05) is 13.7 Å². The normalized spacial score (nSPS) is 9.86. The molecule has 0 amide bonds. The third kappa shape index (κ3) is 2.23. The highest BCUT2D eigenvalue weighted by atomic mass is 16.5. The molecule has 2 N–H and O–H groups in total. The van der Waals surface area contributed by atoms with E-state index in [9.17, 15) is 4.79 Å². The van der Waals surface area contributed by atoms with Crippen LogP contribution in [-0.4, -0.2) is 29.9 Å². The molecule has 4 heteroatoms. The number of carbonyl (C=O) groups is 1. The van der Waals surface area contributed by atoms with Gasteiger partial charge in [-0.1, -0.05) is 6.07 Å². The van der Waals surface area contributed by atoms with Crippen molar-refractivity contribution in [2.24, 2.45) is 0 Å². The minimum absolute atomic E-state index is 0.00535. The Balaban J connectivity index is 3.07. The molecule has 0 aliphatic heterocycles. The van der Waals surface area contributed by atoms with Gasteiger partial charge in [0.2, 0.25) is 0 Å². The van der Waals surface area contributed by atoms with Crippen LogP contribution in [0.5, 0.6) is 5.75 Å². The largest absolute Gasteiger partial charge is 0.496 e. The molecule has 76 valence electrons. The summed E-state index contributed by atoms with van der Waals surface area (Å²) in [5.41, 5.74) is 0.907. The Bertz CT molecular complexity index is 333. The Hall–Kier alpha value is -1.55. The van der Waals surface area contributed by atoms with Gasteiger partial charge in [-0.2, -0.15) is 0 Å². The number of carboxylic acids is 1. The van der Waals surface area contributed by atoms with Crippen LogP contribution in [0.4, 0.5) is 0 Å². The van der Waals surface area contributed by atoms with Gasteiger partial charge in [0.15, 0.2) is 0 Å². The monoisotopic (exact) mass is 196 g/mol. The fraction of sp³-hybridized carbons (Fsp3) is 0.300. The molecule has 0 spiro atoms.